The lowest BCUT2D eigenvalue weighted by molar-refractivity contribution is -0.139. The second kappa shape index (κ2) is 10.3. The molecule has 0 radical (unpaired) electrons. The molecule has 0 atom stereocenters. The van der Waals surface area contributed by atoms with E-state index in [9.17, 15) is 14.4 Å². The summed E-state index contributed by atoms with van der Waals surface area (Å²) in [7, 11) is 3.95. The van der Waals surface area contributed by atoms with Gasteiger partial charge < -0.3 is 24.4 Å². The van der Waals surface area contributed by atoms with Crippen LogP contribution in [0.25, 0.3) is 0 Å². The molecule has 2 rings (SSSR count). The van der Waals surface area contributed by atoms with E-state index in [1.54, 1.807) is 36.6 Å². The zero-order chi connectivity index (χ0) is 22.3. The van der Waals surface area contributed by atoms with Gasteiger partial charge in [0.1, 0.15) is 11.4 Å². The van der Waals surface area contributed by atoms with Crippen LogP contribution in [-0.4, -0.2) is 39.2 Å². The predicted octanol–water partition coefficient (Wildman–Crippen LogP) is 3.17. The zero-order valence-corrected chi connectivity index (χ0v) is 17.7. The van der Waals surface area contributed by atoms with Crippen LogP contribution in [0.1, 0.15) is 20.3 Å². The van der Waals surface area contributed by atoms with Crippen molar-refractivity contribution >= 4 is 29.2 Å². The van der Waals surface area contributed by atoms with Crippen LogP contribution in [0.3, 0.4) is 0 Å². The highest BCUT2D eigenvalue weighted by molar-refractivity contribution is 6.05. The molecule has 0 aromatic heterocycles. The van der Waals surface area contributed by atoms with Crippen molar-refractivity contribution in [3.63, 3.8) is 0 Å². The third kappa shape index (κ3) is 5.28. The summed E-state index contributed by atoms with van der Waals surface area (Å²) in [6.45, 7) is 3.92. The van der Waals surface area contributed by atoms with Crippen molar-refractivity contribution in [1.82, 2.24) is 0 Å². The second-order valence-corrected chi connectivity index (χ2v) is 6.85. The van der Waals surface area contributed by atoms with Crippen molar-refractivity contribution in [3.8, 4) is 5.75 Å². The van der Waals surface area contributed by atoms with Crippen LogP contribution < -0.4 is 15.0 Å². The van der Waals surface area contributed by atoms with Gasteiger partial charge in [-0.25, -0.2) is 9.59 Å². The van der Waals surface area contributed by atoms with E-state index in [1.807, 2.05) is 13.8 Å². The Balaban J connectivity index is 2.51. The molecule has 1 N–H and O–H groups in total. The average Bonchev–Trinajstić information content (AvgIpc) is 2.95. The van der Waals surface area contributed by atoms with Gasteiger partial charge in [-0.1, -0.05) is 19.9 Å². The summed E-state index contributed by atoms with van der Waals surface area (Å²) in [5.74, 6) is -0.892. The minimum Gasteiger partial charge on any atom is -0.494 e. The number of allylic oxidation sites excluding steroid dienone is 2. The smallest absolute Gasteiger partial charge is 0.355 e. The van der Waals surface area contributed by atoms with Gasteiger partial charge in [-0.05, 0) is 30.2 Å². The Morgan fingerprint density at radius 2 is 1.73 bits per heavy atom. The summed E-state index contributed by atoms with van der Waals surface area (Å²) in [5, 5.41) is 2.83. The van der Waals surface area contributed by atoms with E-state index in [0.29, 0.717) is 23.5 Å². The van der Waals surface area contributed by atoms with Crippen molar-refractivity contribution in [2.75, 3.05) is 31.5 Å². The maximum atomic E-state index is 12.5. The summed E-state index contributed by atoms with van der Waals surface area (Å²) in [6.07, 6.45) is 6.76. The van der Waals surface area contributed by atoms with Crippen LogP contribution in [-0.2, 0) is 23.9 Å². The Bertz CT molecular complexity index is 914. The molecule has 0 spiro atoms. The Hall–Kier alpha value is -3.55. The third-order valence-corrected chi connectivity index (χ3v) is 4.22. The quantitative estimate of drug-likeness (QED) is 0.685. The monoisotopic (exact) mass is 414 g/mol. The molecule has 1 aromatic rings. The van der Waals surface area contributed by atoms with Crippen LogP contribution in [0.5, 0.6) is 5.75 Å². The molecular formula is C22H26N2O6. The highest BCUT2D eigenvalue weighted by atomic mass is 16.5. The van der Waals surface area contributed by atoms with Gasteiger partial charge in [-0.3, -0.25) is 4.79 Å². The minimum atomic E-state index is -0.708. The summed E-state index contributed by atoms with van der Waals surface area (Å²) in [6, 6.07) is 5.02. The predicted molar refractivity (Wildman–Crippen MR) is 113 cm³/mol. The van der Waals surface area contributed by atoms with Crippen LogP contribution in [0, 0.1) is 5.92 Å². The molecule has 160 valence electrons. The first kappa shape index (κ1) is 22.7. The van der Waals surface area contributed by atoms with Crippen molar-refractivity contribution in [3.05, 3.63) is 53.9 Å². The van der Waals surface area contributed by atoms with Gasteiger partial charge in [0, 0.05) is 24.4 Å². The zero-order valence-electron chi connectivity index (χ0n) is 17.7. The fourth-order valence-electron chi connectivity index (χ4n) is 2.87. The maximum absolute atomic E-state index is 12.5. The largest absolute Gasteiger partial charge is 0.494 e. The number of amides is 1. The number of carbonyl (C=O) groups excluding carboxylic acids is 3. The molecule has 0 bridgehead atoms. The molecule has 30 heavy (non-hydrogen) atoms. The van der Waals surface area contributed by atoms with Crippen LogP contribution >= 0.6 is 0 Å². The van der Waals surface area contributed by atoms with E-state index < -0.39 is 11.9 Å². The second-order valence-electron chi connectivity index (χ2n) is 6.85. The van der Waals surface area contributed by atoms with Gasteiger partial charge >= 0.3 is 11.9 Å². The van der Waals surface area contributed by atoms with Gasteiger partial charge in [0.15, 0.2) is 0 Å². The van der Waals surface area contributed by atoms with Gasteiger partial charge in [0.2, 0.25) is 5.91 Å². The molecule has 0 saturated heterocycles. The van der Waals surface area contributed by atoms with Gasteiger partial charge in [0.05, 0.1) is 32.6 Å². The standard InChI is InChI=1S/C22H26N2O6/c1-14(2)12-19(25)23-17-10-9-15(13-18(17)28-3)24-11-7-6-8-16(21(26)29-4)20(24)22(27)30-5/h6-11,13-14H,12H2,1-5H3,(H,23,25). The van der Waals surface area contributed by atoms with Crippen molar-refractivity contribution in [2.24, 2.45) is 5.92 Å². The lowest BCUT2D eigenvalue weighted by atomic mass is 10.1. The molecule has 0 aliphatic carbocycles. The summed E-state index contributed by atoms with van der Waals surface area (Å²) in [5.41, 5.74) is 1.06. The van der Waals surface area contributed by atoms with E-state index in [4.69, 9.17) is 14.2 Å². The van der Waals surface area contributed by atoms with E-state index in [2.05, 4.69) is 5.32 Å². The van der Waals surface area contributed by atoms with E-state index in [0.717, 1.165) is 0 Å². The van der Waals surface area contributed by atoms with Crippen molar-refractivity contribution < 1.29 is 28.6 Å². The van der Waals surface area contributed by atoms with E-state index in [1.165, 1.54) is 32.3 Å². The summed E-state index contributed by atoms with van der Waals surface area (Å²) in [4.78, 5) is 38.4. The Labute approximate surface area is 175 Å². The van der Waals surface area contributed by atoms with Crippen molar-refractivity contribution in [2.45, 2.75) is 20.3 Å². The summed E-state index contributed by atoms with van der Waals surface area (Å²) >= 11 is 0. The van der Waals surface area contributed by atoms with Gasteiger partial charge in [0.25, 0.3) is 0 Å². The van der Waals surface area contributed by atoms with Gasteiger partial charge in [-0.2, -0.15) is 0 Å². The van der Waals surface area contributed by atoms with Crippen LogP contribution in [0.4, 0.5) is 11.4 Å². The lowest BCUT2D eigenvalue weighted by Gasteiger charge is -2.24. The number of carbonyl (C=O) groups is 3. The molecule has 0 fully saturated rings. The van der Waals surface area contributed by atoms with Crippen LogP contribution in [0.2, 0.25) is 0 Å². The highest BCUT2D eigenvalue weighted by Crippen LogP contribution is 2.33. The number of rotatable bonds is 7. The number of hydrogen-bond acceptors (Lipinski definition) is 7. The van der Waals surface area contributed by atoms with Gasteiger partial charge in [-0.15, -0.1) is 0 Å². The number of nitrogens with zero attached hydrogens (tertiary/aromatic N) is 1. The average molecular weight is 414 g/mol. The summed E-state index contributed by atoms with van der Waals surface area (Å²) < 4.78 is 15.1. The molecule has 8 nitrogen and oxygen atoms in total. The number of nitrogens with one attached hydrogen (secondary N) is 1. The van der Waals surface area contributed by atoms with E-state index >= 15 is 0 Å². The topological polar surface area (TPSA) is 94.2 Å². The molecule has 1 heterocycles. The normalized spacial score (nSPS) is 13.2. The molecule has 0 unspecified atom stereocenters. The van der Waals surface area contributed by atoms with E-state index in [-0.39, 0.29) is 23.1 Å². The molecule has 1 aromatic carbocycles. The minimum absolute atomic E-state index is 0.00648. The fourth-order valence-corrected chi connectivity index (χ4v) is 2.87. The fraction of sp³-hybridized carbons (Fsp3) is 0.318. The number of benzene rings is 1. The first-order chi connectivity index (χ1) is 14.3. The number of anilines is 2. The SMILES string of the molecule is COC(=O)C1=C(C(=O)OC)N(c2ccc(NC(=O)CC(C)C)c(OC)c2)C=CC=C1. The lowest BCUT2D eigenvalue weighted by Crippen LogP contribution is -2.27. The maximum Gasteiger partial charge on any atom is 0.355 e. The number of esters is 2. The molecule has 0 saturated carbocycles. The Kier molecular flexibility index (Phi) is 7.80. The first-order valence-electron chi connectivity index (χ1n) is 9.35. The highest BCUT2D eigenvalue weighted by Gasteiger charge is 2.28. The number of hydrogen-bond donors (Lipinski definition) is 1. The Morgan fingerprint density at radius 1 is 1.03 bits per heavy atom. The first-order valence-corrected chi connectivity index (χ1v) is 9.35. The Morgan fingerprint density at radius 3 is 2.33 bits per heavy atom. The third-order valence-electron chi connectivity index (χ3n) is 4.22. The van der Waals surface area contributed by atoms with Crippen LogP contribution in [0.15, 0.2) is 53.9 Å². The molecule has 8 heteroatoms. The van der Waals surface area contributed by atoms with Crippen molar-refractivity contribution in [1.29, 1.82) is 0 Å². The number of ether oxygens (including phenoxy) is 3. The molecule has 1 amide bonds. The number of methoxy groups -OCH3 is 3. The molecular weight excluding hydrogens is 388 g/mol. The molecule has 1 aliphatic heterocycles. The molecule has 1 aliphatic rings.